The number of urea groups is 1. The molecule has 0 atom stereocenters. The van der Waals surface area contributed by atoms with Crippen molar-refractivity contribution in [2.24, 2.45) is 5.92 Å². The van der Waals surface area contributed by atoms with Crippen LogP contribution in [0.1, 0.15) is 47.1 Å². The summed E-state index contributed by atoms with van der Waals surface area (Å²) < 4.78 is 1.46. The minimum atomic E-state index is -0.470. The van der Waals surface area contributed by atoms with Crippen LogP contribution in [0.15, 0.2) is 15.8 Å². The van der Waals surface area contributed by atoms with Gasteiger partial charge in [-0.3, -0.25) is 14.3 Å². The van der Waals surface area contributed by atoms with Crippen LogP contribution >= 0.6 is 0 Å². The minimum absolute atomic E-state index is 0.0825. The predicted molar refractivity (Wildman–Crippen MR) is 90.6 cm³/mol. The summed E-state index contributed by atoms with van der Waals surface area (Å²) in [4.78, 5) is 40.0. The predicted octanol–water partition coefficient (Wildman–Crippen LogP) is 1.48. The van der Waals surface area contributed by atoms with Gasteiger partial charge in [0.2, 0.25) is 0 Å². The summed E-state index contributed by atoms with van der Waals surface area (Å²) in [5.41, 5.74) is -1.02. The summed E-state index contributed by atoms with van der Waals surface area (Å²) in [6.45, 7) is 12.9. The third-order valence-corrected chi connectivity index (χ3v) is 3.42. The fourth-order valence-corrected chi connectivity index (χ4v) is 2.21. The van der Waals surface area contributed by atoms with Gasteiger partial charge in [0, 0.05) is 24.8 Å². The molecule has 0 saturated carbocycles. The number of nitrogens with one attached hydrogen (secondary N) is 2. The summed E-state index contributed by atoms with van der Waals surface area (Å²) >= 11 is 0. The lowest BCUT2D eigenvalue weighted by Crippen LogP contribution is -2.44. The van der Waals surface area contributed by atoms with Crippen LogP contribution in [0.5, 0.6) is 0 Å². The highest BCUT2D eigenvalue weighted by Gasteiger charge is 2.18. The molecule has 1 rings (SSSR count). The average Bonchev–Trinajstić information content (AvgIpc) is 2.41. The number of amides is 2. The van der Waals surface area contributed by atoms with Gasteiger partial charge in [0.05, 0.1) is 12.1 Å². The molecule has 1 heterocycles. The second kappa shape index (κ2) is 7.48. The Morgan fingerprint density at radius 1 is 1.35 bits per heavy atom. The molecular weight excluding hydrogens is 296 g/mol. The van der Waals surface area contributed by atoms with Crippen LogP contribution < -0.4 is 16.6 Å². The van der Waals surface area contributed by atoms with E-state index in [0.717, 1.165) is 0 Å². The third-order valence-electron chi connectivity index (χ3n) is 3.42. The van der Waals surface area contributed by atoms with Crippen LogP contribution in [0.25, 0.3) is 0 Å². The average molecular weight is 324 g/mol. The van der Waals surface area contributed by atoms with Gasteiger partial charge < -0.3 is 10.2 Å². The van der Waals surface area contributed by atoms with Gasteiger partial charge in [-0.25, -0.2) is 9.59 Å². The van der Waals surface area contributed by atoms with Crippen LogP contribution in [0.4, 0.5) is 4.79 Å². The Hall–Kier alpha value is -2.05. The molecule has 0 saturated heterocycles. The molecule has 0 radical (unpaired) electrons. The van der Waals surface area contributed by atoms with E-state index in [1.807, 2.05) is 41.5 Å². The highest BCUT2D eigenvalue weighted by Crippen LogP contribution is 2.09. The Balaban J connectivity index is 2.92. The summed E-state index contributed by atoms with van der Waals surface area (Å²) in [5.74, 6) is 0.367. The van der Waals surface area contributed by atoms with E-state index in [9.17, 15) is 14.4 Å². The topological polar surface area (TPSA) is 87.2 Å². The molecule has 0 fully saturated rings. The van der Waals surface area contributed by atoms with Crippen LogP contribution in [0.2, 0.25) is 0 Å². The molecule has 0 bridgehead atoms. The first-order chi connectivity index (χ1) is 10.6. The Morgan fingerprint density at radius 3 is 2.43 bits per heavy atom. The van der Waals surface area contributed by atoms with E-state index in [4.69, 9.17) is 0 Å². The molecule has 0 aliphatic carbocycles. The van der Waals surface area contributed by atoms with Gasteiger partial charge in [0.25, 0.3) is 5.56 Å². The number of aromatic amines is 1. The zero-order chi connectivity index (χ0) is 17.8. The van der Waals surface area contributed by atoms with Crippen molar-refractivity contribution in [1.29, 1.82) is 0 Å². The molecule has 1 aromatic rings. The minimum Gasteiger partial charge on any atom is -0.334 e. The summed E-state index contributed by atoms with van der Waals surface area (Å²) in [6, 6.07) is -0.214. The molecule has 130 valence electrons. The van der Waals surface area contributed by atoms with Gasteiger partial charge >= 0.3 is 11.7 Å². The Morgan fingerprint density at radius 2 is 1.96 bits per heavy atom. The molecule has 0 aromatic carbocycles. The van der Waals surface area contributed by atoms with Gasteiger partial charge in [0.15, 0.2) is 0 Å². The van der Waals surface area contributed by atoms with E-state index in [1.54, 1.807) is 4.90 Å². The first-order valence-corrected chi connectivity index (χ1v) is 7.94. The van der Waals surface area contributed by atoms with E-state index in [-0.39, 0.29) is 12.6 Å². The number of aromatic nitrogens is 2. The zero-order valence-electron chi connectivity index (χ0n) is 14.9. The Labute approximate surface area is 136 Å². The monoisotopic (exact) mass is 324 g/mol. The van der Waals surface area contributed by atoms with Crippen molar-refractivity contribution in [3.05, 3.63) is 32.6 Å². The summed E-state index contributed by atoms with van der Waals surface area (Å²) in [6.07, 6.45) is 1.51. The maximum Gasteiger partial charge on any atom is 0.328 e. The van der Waals surface area contributed by atoms with E-state index >= 15 is 0 Å². The van der Waals surface area contributed by atoms with Crippen LogP contribution in [0, 0.1) is 5.92 Å². The standard InChI is InChI=1S/C16H28N4O3/c1-7-19(9-11(2)3)14(22)17-8-12-10-20(16(4,5)6)15(23)18-13(12)21/h10-11H,7-9H2,1-6H3,(H,17,22)(H,18,21,23). The molecule has 2 amide bonds. The lowest BCUT2D eigenvalue weighted by molar-refractivity contribution is 0.193. The van der Waals surface area contributed by atoms with Crippen molar-refractivity contribution in [3.8, 4) is 0 Å². The highest BCUT2D eigenvalue weighted by molar-refractivity contribution is 5.74. The van der Waals surface area contributed by atoms with Gasteiger partial charge in [-0.1, -0.05) is 13.8 Å². The number of carbonyl (C=O) groups excluding carboxylic acids is 1. The van der Waals surface area contributed by atoms with Gasteiger partial charge in [0.1, 0.15) is 0 Å². The number of hydrogen-bond donors (Lipinski definition) is 2. The molecular formula is C16H28N4O3. The number of nitrogens with zero attached hydrogens (tertiary/aromatic N) is 2. The summed E-state index contributed by atoms with van der Waals surface area (Å²) in [5, 5.41) is 2.75. The molecule has 2 N–H and O–H groups in total. The number of carbonyl (C=O) groups is 1. The fraction of sp³-hybridized carbons (Fsp3) is 0.688. The van der Waals surface area contributed by atoms with E-state index in [1.165, 1.54) is 10.8 Å². The van der Waals surface area contributed by atoms with Crippen LogP contribution in [0.3, 0.4) is 0 Å². The van der Waals surface area contributed by atoms with Crippen molar-refractivity contribution in [1.82, 2.24) is 19.8 Å². The van der Waals surface area contributed by atoms with E-state index in [0.29, 0.717) is 24.6 Å². The molecule has 1 aromatic heterocycles. The van der Waals surface area contributed by atoms with E-state index < -0.39 is 16.8 Å². The zero-order valence-corrected chi connectivity index (χ0v) is 14.9. The molecule has 0 spiro atoms. The fourth-order valence-electron chi connectivity index (χ4n) is 2.21. The summed E-state index contributed by atoms with van der Waals surface area (Å²) in [7, 11) is 0. The molecule has 23 heavy (non-hydrogen) atoms. The first-order valence-electron chi connectivity index (χ1n) is 7.94. The molecule has 0 unspecified atom stereocenters. The van der Waals surface area contributed by atoms with Crippen molar-refractivity contribution in [2.75, 3.05) is 13.1 Å². The third kappa shape index (κ3) is 5.26. The maximum absolute atomic E-state index is 12.2. The quantitative estimate of drug-likeness (QED) is 0.860. The second-order valence-electron chi connectivity index (χ2n) is 7.05. The lowest BCUT2D eigenvalue weighted by Gasteiger charge is -2.24. The lowest BCUT2D eigenvalue weighted by atomic mass is 10.1. The normalized spacial score (nSPS) is 11.6. The van der Waals surface area contributed by atoms with Gasteiger partial charge in [-0.2, -0.15) is 0 Å². The van der Waals surface area contributed by atoms with Crippen molar-refractivity contribution in [3.63, 3.8) is 0 Å². The van der Waals surface area contributed by atoms with Crippen LogP contribution in [-0.4, -0.2) is 33.6 Å². The Kier molecular flexibility index (Phi) is 6.18. The SMILES string of the molecule is CCN(CC(C)C)C(=O)NCc1cn(C(C)(C)C)c(=O)[nH]c1=O. The molecule has 7 nitrogen and oxygen atoms in total. The number of rotatable bonds is 5. The second-order valence-corrected chi connectivity index (χ2v) is 7.05. The molecule has 0 aliphatic heterocycles. The highest BCUT2D eigenvalue weighted by atomic mass is 16.2. The smallest absolute Gasteiger partial charge is 0.328 e. The molecule has 0 aliphatic rings. The molecule has 7 heteroatoms. The van der Waals surface area contributed by atoms with E-state index in [2.05, 4.69) is 10.3 Å². The van der Waals surface area contributed by atoms with Crippen molar-refractivity contribution < 1.29 is 4.79 Å². The van der Waals surface area contributed by atoms with Crippen molar-refractivity contribution >= 4 is 6.03 Å². The van der Waals surface area contributed by atoms with Crippen LogP contribution in [-0.2, 0) is 12.1 Å². The van der Waals surface area contributed by atoms with Gasteiger partial charge in [-0.15, -0.1) is 0 Å². The van der Waals surface area contributed by atoms with Crippen molar-refractivity contribution in [2.45, 2.75) is 53.6 Å². The number of H-pyrrole nitrogens is 1. The first kappa shape index (κ1) is 19.0. The largest absolute Gasteiger partial charge is 0.334 e. The number of hydrogen-bond acceptors (Lipinski definition) is 3. The Bertz CT molecular complexity index is 653. The maximum atomic E-state index is 12.2. The van der Waals surface area contributed by atoms with Gasteiger partial charge in [-0.05, 0) is 33.6 Å².